The van der Waals surface area contributed by atoms with Crippen LogP contribution in [0.4, 0.5) is 0 Å². The second-order valence-corrected chi connectivity index (χ2v) is 11.0. The van der Waals surface area contributed by atoms with Crippen LogP contribution in [-0.2, 0) is 14.2 Å². The fourth-order valence-electron chi connectivity index (χ4n) is 3.12. The molecule has 4 nitrogen and oxygen atoms in total. The van der Waals surface area contributed by atoms with Crippen LogP contribution >= 0.6 is 37.5 Å². The molecule has 2 aliphatic rings. The van der Waals surface area contributed by atoms with Gasteiger partial charge in [0.2, 0.25) is 0 Å². The van der Waals surface area contributed by atoms with E-state index in [0.29, 0.717) is 21.2 Å². The second kappa shape index (κ2) is 9.58. The van der Waals surface area contributed by atoms with E-state index in [9.17, 15) is 0 Å². The van der Waals surface area contributed by atoms with E-state index in [1.54, 1.807) is 17.1 Å². The van der Waals surface area contributed by atoms with Crippen LogP contribution in [-0.4, -0.2) is 49.3 Å². The van der Waals surface area contributed by atoms with E-state index in [2.05, 4.69) is 35.0 Å². The number of rotatable bonds is 6. The SMILES string of the molecule is [3H]N(CP)C1[C@@H](C)[C@H]2OC(PPC)OCC2O[C@H]1Sc1ccccc1. The molecule has 0 spiro atoms. The van der Waals surface area contributed by atoms with Gasteiger partial charge in [-0.1, -0.05) is 45.2 Å². The van der Waals surface area contributed by atoms with Gasteiger partial charge in [-0.2, -0.15) is 0 Å². The largest absolute Gasteiger partial charge is 0.357 e. The molecule has 1 aromatic rings. The highest BCUT2D eigenvalue weighted by molar-refractivity contribution is 8.11. The lowest BCUT2D eigenvalue weighted by Crippen LogP contribution is -2.61. The molecule has 0 amide bonds. The fourth-order valence-corrected chi connectivity index (χ4v) is 6.42. The first-order chi connectivity index (χ1) is 12.1. The number of ether oxygens (including phenoxy) is 3. The normalized spacial score (nSPS) is 38.1. The predicted molar refractivity (Wildman–Crippen MR) is 109 cm³/mol. The van der Waals surface area contributed by atoms with Crippen LogP contribution in [0.25, 0.3) is 0 Å². The summed E-state index contributed by atoms with van der Waals surface area (Å²) in [5.41, 5.74) is -0.115. The molecule has 0 bridgehead atoms. The molecule has 24 heavy (non-hydrogen) atoms. The Morgan fingerprint density at radius 2 is 2.17 bits per heavy atom. The monoisotopic (exact) mass is 407 g/mol. The molecule has 1 aromatic carbocycles. The Bertz CT molecular complexity index is 547. The van der Waals surface area contributed by atoms with Gasteiger partial charge >= 0.3 is 0 Å². The number of nitrogens with one attached hydrogen (secondary N) is 1. The third-order valence-corrected chi connectivity index (χ3v) is 8.06. The van der Waals surface area contributed by atoms with Crippen LogP contribution in [0.5, 0.6) is 0 Å². The summed E-state index contributed by atoms with van der Waals surface area (Å²) in [5, 5.41) is 1.61. The average Bonchev–Trinajstić information content (AvgIpc) is 2.63. The van der Waals surface area contributed by atoms with E-state index in [4.69, 9.17) is 15.6 Å². The van der Waals surface area contributed by atoms with Gasteiger partial charge in [-0.25, -0.2) is 0 Å². The van der Waals surface area contributed by atoms with Crippen molar-refractivity contribution in [1.82, 2.24) is 5.31 Å². The van der Waals surface area contributed by atoms with Gasteiger partial charge in [0.25, 0.3) is 0 Å². The maximum atomic E-state index is 8.41. The minimum atomic E-state index is -0.115. The first kappa shape index (κ1) is 18.1. The minimum Gasteiger partial charge on any atom is -0.357 e. The summed E-state index contributed by atoms with van der Waals surface area (Å²) in [4.78, 5) is 1.16. The molecule has 2 saturated heterocycles. The molecule has 6 unspecified atom stereocenters. The maximum absolute atomic E-state index is 8.41. The van der Waals surface area contributed by atoms with Gasteiger partial charge in [-0.3, -0.25) is 0 Å². The summed E-state index contributed by atoms with van der Waals surface area (Å²) in [6.07, 6.45) is 0.510. The smallest absolute Gasteiger partial charge is 0.177 e. The molecule has 0 radical (unpaired) electrons. The summed E-state index contributed by atoms with van der Waals surface area (Å²) in [6, 6.07) is 10.1. The predicted octanol–water partition coefficient (Wildman–Crippen LogP) is 3.53. The number of fused-ring (bicyclic) bond motifs is 1. The van der Waals surface area contributed by atoms with Crippen LogP contribution in [0.15, 0.2) is 35.2 Å². The van der Waals surface area contributed by atoms with Gasteiger partial charge in [0.1, 0.15) is 13.0 Å². The zero-order valence-corrected chi connectivity index (χ0v) is 17.9. The highest BCUT2D eigenvalue weighted by atomic mass is 32.2. The Balaban J connectivity index is 1.77. The van der Waals surface area contributed by atoms with Crippen molar-refractivity contribution in [2.75, 3.05) is 19.6 Å². The number of benzene rings is 1. The zero-order valence-electron chi connectivity index (χ0n) is 14.9. The molecule has 2 heterocycles. The third kappa shape index (κ3) is 4.70. The quantitative estimate of drug-likeness (QED) is 0.731. The molecule has 134 valence electrons. The lowest BCUT2D eigenvalue weighted by molar-refractivity contribution is -0.264. The summed E-state index contributed by atoms with van der Waals surface area (Å²) in [5.74, 6) is 0.203. The topological polar surface area (TPSA) is 39.7 Å². The van der Waals surface area contributed by atoms with Gasteiger partial charge < -0.3 is 19.5 Å². The molecular weight excluding hydrogens is 379 g/mol. The van der Waals surface area contributed by atoms with Crippen molar-refractivity contribution in [3.8, 4) is 0 Å². The van der Waals surface area contributed by atoms with Gasteiger partial charge in [0.05, 0.1) is 12.7 Å². The Labute approximate surface area is 156 Å². The molecule has 2 fully saturated rings. The number of hydrogen-bond donors (Lipinski definition) is 1. The molecular formula is C16H26NO3P3S. The molecule has 1 N–H and O–H groups in total. The van der Waals surface area contributed by atoms with Crippen LogP contribution in [0, 0.1) is 5.92 Å². The van der Waals surface area contributed by atoms with Crippen molar-refractivity contribution in [2.45, 2.75) is 41.5 Å². The van der Waals surface area contributed by atoms with E-state index < -0.39 is 0 Å². The summed E-state index contributed by atoms with van der Waals surface area (Å²) in [6.45, 7) is 4.94. The molecule has 9 atom stereocenters. The first-order valence-corrected chi connectivity index (χ1v) is 13.4. The van der Waals surface area contributed by atoms with Crippen molar-refractivity contribution in [2.24, 2.45) is 5.92 Å². The lowest BCUT2D eigenvalue weighted by atomic mass is 9.89. The molecule has 8 heteroatoms. The van der Waals surface area contributed by atoms with Crippen LogP contribution in [0.2, 0.25) is 1.41 Å². The molecule has 0 aromatic heterocycles. The van der Waals surface area contributed by atoms with Crippen molar-refractivity contribution in [3.63, 3.8) is 0 Å². The van der Waals surface area contributed by atoms with Gasteiger partial charge in [-0.15, -0.1) is 9.24 Å². The summed E-state index contributed by atoms with van der Waals surface area (Å²) in [7, 11) is 4.15. The van der Waals surface area contributed by atoms with Crippen LogP contribution < -0.4 is 5.31 Å². The van der Waals surface area contributed by atoms with Gasteiger partial charge in [0, 0.05) is 23.1 Å². The average molecular weight is 407 g/mol. The minimum absolute atomic E-state index is 0.00961. The van der Waals surface area contributed by atoms with E-state index in [0.717, 1.165) is 13.2 Å². The van der Waals surface area contributed by atoms with Crippen molar-refractivity contribution < 1.29 is 15.6 Å². The Morgan fingerprint density at radius 1 is 1.38 bits per heavy atom. The third-order valence-electron chi connectivity index (χ3n) is 4.28. The Kier molecular flexibility index (Phi) is 7.22. The van der Waals surface area contributed by atoms with Gasteiger partial charge in [0.15, 0.2) is 6.03 Å². The van der Waals surface area contributed by atoms with E-state index in [-0.39, 0.29) is 35.6 Å². The van der Waals surface area contributed by atoms with Crippen molar-refractivity contribution in [3.05, 3.63) is 30.3 Å². The summed E-state index contributed by atoms with van der Waals surface area (Å²) < 4.78 is 26.9. The second-order valence-electron chi connectivity index (χ2n) is 5.85. The lowest BCUT2D eigenvalue weighted by Gasteiger charge is -2.49. The zero-order chi connectivity index (χ0) is 17.8. The highest BCUT2D eigenvalue weighted by Gasteiger charge is 2.47. The van der Waals surface area contributed by atoms with Gasteiger partial charge in [-0.05, 0) is 27.1 Å². The molecule has 0 saturated carbocycles. The maximum Gasteiger partial charge on any atom is 0.177 e. The van der Waals surface area contributed by atoms with Crippen molar-refractivity contribution in [1.29, 1.82) is 0 Å². The summed E-state index contributed by atoms with van der Waals surface area (Å²) >= 11 is 1.69. The molecule has 3 rings (SSSR count). The number of thioether (sulfide) groups is 1. The standard InChI is InChI=1S/C16H26NO3P3S/c1-10-13(17-9-21)15(24-11-6-4-3-5-7-11)19-12-8-18-16(23-22-2)20-14(10)12/h3-7,10,12-17,22-23H,8-9,21H2,1-2H3/t10-,12?,13?,14-,15+,16?/m1/s1/i/hT. The molecule has 0 aliphatic carbocycles. The van der Waals surface area contributed by atoms with E-state index in [1.165, 1.54) is 0 Å². The molecule has 2 aliphatic heterocycles. The number of hydrogen-bond acceptors (Lipinski definition) is 5. The van der Waals surface area contributed by atoms with Crippen LogP contribution in [0.1, 0.15) is 6.92 Å². The highest BCUT2D eigenvalue weighted by Crippen LogP contribution is 2.45. The van der Waals surface area contributed by atoms with Crippen LogP contribution in [0.3, 0.4) is 0 Å². The van der Waals surface area contributed by atoms with E-state index >= 15 is 0 Å². The Hall–Kier alpha value is 0.700. The van der Waals surface area contributed by atoms with Crippen molar-refractivity contribution >= 4 is 37.5 Å². The Morgan fingerprint density at radius 3 is 2.88 bits per heavy atom. The first-order valence-electron chi connectivity index (χ1n) is 8.61. The fraction of sp³-hybridized carbons (Fsp3) is 0.625. The van der Waals surface area contributed by atoms with E-state index in [1.807, 2.05) is 18.2 Å².